The van der Waals surface area contributed by atoms with Crippen molar-refractivity contribution in [3.8, 4) is 5.88 Å². The number of aromatic amines is 1. The summed E-state index contributed by atoms with van der Waals surface area (Å²) in [6.45, 7) is 6.52. The summed E-state index contributed by atoms with van der Waals surface area (Å²) in [4.78, 5) is 26.0. The standard InChI is InChI=1S/C20H24N4O3/c1-2-16(25)24-10-15(20(11-24)5-6-20)27-19-17-14(13-3-7-26-8-4-13)9-21-18(17)22-12-23-19/h2,9,12-13,15H,1,3-8,10-11H2,(H,21,22,23)/t15-/m0/s1. The average molecular weight is 368 g/mol. The molecule has 1 spiro atoms. The summed E-state index contributed by atoms with van der Waals surface area (Å²) in [5.74, 6) is 1.04. The van der Waals surface area contributed by atoms with Gasteiger partial charge < -0.3 is 19.4 Å². The fourth-order valence-electron chi connectivity index (χ4n) is 4.55. The largest absolute Gasteiger partial charge is 0.471 e. The second-order valence-corrected chi connectivity index (χ2v) is 7.92. The summed E-state index contributed by atoms with van der Waals surface area (Å²) < 4.78 is 12.0. The molecule has 3 fully saturated rings. The van der Waals surface area contributed by atoms with Crippen molar-refractivity contribution < 1.29 is 14.3 Å². The molecule has 0 unspecified atom stereocenters. The zero-order valence-electron chi connectivity index (χ0n) is 15.3. The monoisotopic (exact) mass is 368 g/mol. The van der Waals surface area contributed by atoms with Crippen LogP contribution in [0.2, 0.25) is 0 Å². The van der Waals surface area contributed by atoms with Gasteiger partial charge in [0.1, 0.15) is 18.1 Å². The van der Waals surface area contributed by atoms with Crippen molar-refractivity contribution in [3.05, 3.63) is 30.7 Å². The lowest BCUT2D eigenvalue weighted by Gasteiger charge is -2.23. The maximum absolute atomic E-state index is 12.1. The highest BCUT2D eigenvalue weighted by atomic mass is 16.5. The van der Waals surface area contributed by atoms with Crippen molar-refractivity contribution in [2.24, 2.45) is 5.41 Å². The molecule has 4 heterocycles. The molecule has 2 aliphatic heterocycles. The number of rotatable bonds is 4. The van der Waals surface area contributed by atoms with Crippen LogP contribution in [0.1, 0.15) is 37.2 Å². The Morgan fingerprint density at radius 1 is 1.37 bits per heavy atom. The lowest BCUT2D eigenvalue weighted by molar-refractivity contribution is -0.125. The third-order valence-corrected chi connectivity index (χ3v) is 6.33. The summed E-state index contributed by atoms with van der Waals surface area (Å²) in [5, 5.41) is 0.980. The number of hydrogen-bond donors (Lipinski definition) is 1. The van der Waals surface area contributed by atoms with Crippen molar-refractivity contribution in [2.75, 3.05) is 26.3 Å². The number of nitrogens with zero attached hydrogens (tertiary/aromatic N) is 3. The molecule has 7 nitrogen and oxygen atoms in total. The van der Waals surface area contributed by atoms with E-state index in [9.17, 15) is 4.79 Å². The highest BCUT2D eigenvalue weighted by Gasteiger charge is 2.57. The number of aromatic nitrogens is 3. The van der Waals surface area contributed by atoms with Crippen LogP contribution in [-0.2, 0) is 9.53 Å². The van der Waals surface area contributed by atoms with Crippen LogP contribution in [0.3, 0.4) is 0 Å². The summed E-state index contributed by atoms with van der Waals surface area (Å²) in [5.41, 5.74) is 2.10. The van der Waals surface area contributed by atoms with Crippen LogP contribution in [0.25, 0.3) is 11.0 Å². The third kappa shape index (κ3) is 2.81. The van der Waals surface area contributed by atoms with Crippen LogP contribution in [0, 0.1) is 5.41 Å². The number of amides is 1. The Morgan fingerprint density at radius 3 is 2.93 bits per heavy atom. The first kappa shape index (κ1) is 16.7. The Balaban J connectivity index is 1.46. The molecule has 1 N–H and O–H groups in total. The van der Waals surface area contributed by atoms with Crippen LogP contribution >= 0.6 is 0 Å². The van der Waals surface area contributed by atoms with Crippen LogP contribution < -0.4 is 4.74 Å². The molecule has 0 radical (unpaired) electrons. The first-order valence-electron chi connectivity index (χ1n) is 9.68. The fraction of sp³-hybridized carbons (Fsp3) is 0.550. The van der Waals surface area contributed by atoms with E-state index >= 15 is 0 Å². The quantitative estimate of drug-likeness (QED) is 0.839. The van der Waals surface area contributed by atoms with Gasteiger partial charge in [-0.1, -0.05) is 6.58 Å². The Kier molecular flexibility index (Phi) is 3.93. The van der Waals surface area contributed by atoms with Crippen molar-refractivity contribution in [1.29, 1.82) is 0 Å². The number of carbonyl (C=O) groups is 1. The molecule has 5 rings (SSSR count). The molecule has 2 saturated heterocycles. The van der Waals surface area contributed by atoms with Gasteiger partial charge in [-0.25, -0.2) is 9.97 Å². The van der Waals surface area contributed by atoms with Crippen LogP contribution in [0.4, 0.5) is 0 Å². The molecular weight excluding hydrogens is 344 g/mol. The summed E-state index contributed by atoms with van der Waals surface area (Å²) >= 11 is 0. The van der Waals surface area contributed by atoms with E-state index in [1.165, 1.54) is 11.6 Å². The van der Waals surface area contributed by atoms with Gasteiger partial charge in [-0.15, -0.1) is 0 Å². The van der Waals surface area contributed by atoms with E-state index < -0.39 is 0 Å². The highest BCUT2D eigenvalue weighted by Crippen LogP contribution is 2.54. The van der Waals surface area contributed by atoms with Crippen molar-refractivity contribution >= 4 is 16.9 Å². The van der Waals surface area contributed by atoms with E-state index in [-0.39, 0.29) is 17.4 Å². The van der Waals surface area contributed by atoms with Gasteiger partial charge in [-0.05, 0) is 43.2 Å². The predicted octanol–water partition coefficient (Wildman–Crippen LogP) is 2.41. The molecule has 1 aliphatic carbocycles. The van der Waals surface area contributed by atoms with Gasteiger partial charge >= 0.3 is 0 Å². The number of hydrogen-bond acceptors (Lipinski definition) is 5. The third-order valence-electron chi connectivity index (χ3n) is 6.33. The molecule has 2 aromatic heterocycles. The maximum atomic E-state index is 12.1. The fourth-order valence-corrected chi connectivity index (χ4v) is 4.55. The van der Waals surface area contributed by atoms with E-state index in [0.717, 1.165) is 56.5 Å². The highest BCUT2D eigenvalue weighted by molar-refractivity contribution is 5.87. The Hall–Kier alpha value is -2.41. The van der Waals surface area contributed by atoms with Gasteiger partial charge in [-0.3, -0.25) is 4.79 Å². The molecule has 7 heteroatoms. The van der Waals surface area contributed by atoms with E-state index in [0.29, 0.717) is 18.3 Å². The first-order valence-corrected chi connectivity index (χ1v) is 9.68. The average Bonchev–Trinajstić information content (AvgIpc) is 3.20. The Morgan fingerprint density at radius 2 is 2.19 bits per heavy atom. The predicted molar refractivity (Wildman–Crippen MR) is 99.5 cm³/mol. The van der Waals surface area contributed by atoms with Gasteiger partial charge in [0.25, 0.3) is 0 Å². The Labute approximate surface area is 157 Å². The number of carbonyl (C=O) groups excluding carboxylic acids is 1. The SMILES string of the molecule is C=CC(=O)N1C[C@H](Oc2ncnc3[nH]cc(C4CCOCC4)c23)C2(CC2)C1. The number of fused-ring (bicyclic) bond motifs is 1. The second kappa shape index (κ2) is 6.34. The van der Waals surface area contributed by atoms with E-state index in [1.807, 2.05) is 11.1 Å². The van der Waals surface area contributed by atoms with Crippen LogP contribution in [0.15, 0.2) is 25.2 Å². The summed E-state index contributed by atoms with van der Waals surface area (Å²) in [7, 11) is 0. The molecule has 1 atom stereocenters. The van der Waals surface area contributed by atoms with Gasteiger partial charge in [0, 0.05) is 31.4 Å². The zero-order chi connectivity index (χ0) is 18.4. The minimum Gasteiger partial charge on any atom is -0.471 e. The Bertz CT molecular complexity index is 882. The van der Waals surface area contributed by atoms with Crippen molar-refractivity contribution in [2.45, 2.75) is 37.7 Å². The summed E-state index contributed by atoms with van der Waals surface area (Å²) in [6.07, 6.45) is 9.11. The van der Waals surface area contributed by atoms with Crippen LogP contribution in [-0.4, -0.2) is 58.2 Å². The number of ether oxygens (including phenoxy) is 2. The second-order valence-electron chi connectivity index (χ2n) is 7.92. The van der Waals surface area contributed by atoms with E-state index in [1.54, 1.807) is 6.33 Å². The van der Waals surface area contributed by atoms with Crippen LogP contribution in [0.5, 0.6) is 5.88 Å². The molecule has 0 bridgehead atoms. The molecule has 1 saturated carbocycles. The van der Waals surface area contributed by atoms with Gasteiger partial charge in [0.05, 0.1) is 11.9 Å². The molecule has 3 aliphatic rings. The van der Waals surface area contributed by atoms with Crippen molar-refractivity contribution in [3.63, 3.8) is 0 Å². The van der Waals surface area contributed by atoms with Gasteiger partial charge in [0.2, 0.25) is 11.8 Å². The maximum Gasteiger partial charge on any atom is 0.246 e. The molecular formula is C20H24N4O3. The zero-order valence-corrected chi connectivity index (χ0v) is 15.3. The van der Waals surface area contributed by atoms with Gasteiger partial charge in [-0.2, -0.15) is 0 Å². The number of nitrogens with one attached hydrogen (secondary N) is 1. The molecule has 27 heavy (non-hydrogen) atoms. The van der Waals surface area contributed by atoms with Gasteiger partial charge in [0.15, 0.2) is 0 Å². The smallest absolute Gasteiger partial charge is 0.246 e. The topological polar surface area (TPSA) is 80.3 Å². The number of H-pyrrole nitrogens is 1. The molecule has 2 aromatic rings. The minimum atomic E-state index is -0.0306. The first-order chi connectivity index (χ1) is 13.2. The minimum absolute atomic E-state index is 0.0234. The molecule has 142 valence electrons. The lowest BCUT2D eigenvalue weighted by atomic mass is 9.92. The summed E-state index contributed by atoms with van der Waals surface area (Å²) in [6, 6.07) is 0. The number of likely N-dealkylation sites (tertiary alicyclic amines) is 1. The van der Waals surface area contributed by atoms with Crippen molar-refractivity contribution in [1.82, 2.24) is 19.9 Å². The lowest BCUT2D eigenvalue weighted by Crippen LogP contribution is -2.30. The molecule has 0 aromatic carbocycles. The molecule has 1 amide bonds. The normalized spacial score (nSPS) is 24.4. The van der Waals surface area contributed by atoms with E-state index in [4.69, 9.17) is 9.47 Å². The van der Waals surface area contributed by atoms with E-state index in [2.05, 4.69) is 21.5 Å².